The van der Waals surface area contributed by atoms with Crippen molar-refractivity contribution in [3.63, 3.8) is 0 Å². The molecule has 0 radical (unpaired) electrons. The Kier molecular flexibility index (Phi) is 4.28. The molecule has 3 atom stereocenters. The number of nitrogens with two attached hydrogens (primary N) is 1. The molecule has 1 aromatic carbocycles. The molecule has 2 N–H and O–H groups in total. The molecule has 1 aliphatic rings. The summed E-state index contributed by atoms with van der Waals surface area (Å²) in [6.45, 7) is 8.46. The molecule has 5 nitrogen and oxygen atoms in total. The van der Waals surface area contributed by atoms with E-state index in [2.05, 4.69) is 25.7 Å². The molecular formula is C15H23N3O2. The van der Waals surface area contributed by atoms with Gasteiger partial charge in [-0.15, -0.1) is 0 Å². The lowest BCUT2D eigenvalue weighted by Gasteiger charge is -2.41. The van der Waals surface area contributed by atoms with Gasteiger partial charge in [-0.05, 0) is 36.8 Å². The van der Waals surface area contributed by atoms with Crippen molar-refractivity contribution in [1.82, 2.24) is 4.90 Å². The minimum atomic E-state index is -0.367. The minimum absolute atomic E-state index is 0.111. The van der Waals surface area contributed by atoms with Gasteiger partial charge in [0.05, 0.1) is 4.92 Å². The number of benzene rings is 1. The smallest absolute Gasteiger partial charge is 0.269 e. The first-order valence-electron chi connectivity index (χ1n) is 7.15. The van der Waals surface area contributed by atoms with E-state index >= 15 is 0 Å². The van der Waals surface area contributed by atoms with Crippen LogP contribution in [0, 0.1) is 22.0 Å². The molecule has 5 heteroatoms. The fourth-order valence-corrected chi connectivity index (χ4v) is 3.10. The van der Waals surface area contributed by atoms with E-state index in [1.165, 1.54) is 12.5 Å². The quantitative estimate of drug-likeness (QED) is 0.523. The number of hydrogen-bond donors (Lipinski definition) is 1. The lowest BCUT2D eigenvalue weighted by atomic mass is 9.85. The third kappa shape index (κ3) is 3.10. The zero-order valence-corrected chi connectivity index (χ0v) is 12.4. The fourth-order valence-electron chi connectivity index (χ4n) is 3.10. The number of hydrogen-bond acceptors (Lipinski definition) is 4. The number of nitrogens with zero attached hydrogens (tertiary/aromatic N) is 2. The Labute approximate surface area is 119 Å². The predicted molar refractivity (Wildman–Crippen MR) is 80.3 cm³/mol. The van der Waals surface area contributed by atoms with Crippen LogP contribution in [-0.4, -0.2) is 22.4 Å². The summed E-state index contributed by atoms with van der Waals surface area (Å²) in [4.78, 5) is 12.9. The first kappa shape index (κ1) is 14.8. The second kappa shape index (κ2) is 5.79. The van der Waals surface area contributed by atoms with Gasteiger partial charge >= 0.3 is 0 Å². The van der Waals surface area contributed by atoms with Gasteiger partial charge in [0, 0.05) is 37.0 Å². The molecule has 110 valence electrons. The maximum Gasteiger partial charge on any atom is 0.269 e. The van der Waals surface area contributed by atoms with Crippen molar-refractivity contribution >= 4 is 11.4 Å². The largest absolute Gasteiger partial charge is 0.398 e. The number of nitrogen functional groups attached to an aromatic ring is 1. The van der Waals surface area contributed by atoms with Crippen molar-refractivity contribution in [3.05, 3.63) is 33.9 Å². The van der Waals surface area contributed by atoms with Gasteiger partial charge < -0.3 is 5.73 Å². The summed E-state index contributed by atoms with van der Waals surface area (Å²) in [6.07, 6.45) is 1.24. The number of rotatable bonds is 3. The number of anilines is 1. The van der Waals surface area contributed by atoms with Gasteiger partial charge in [-0.25, -0.2) is 0 Å². The van der Waals surface area contributed by atoms with Gasteiger partial charge in [0.25, 0.3) is 5.69 Å². The zero-order valence-electron chi connectivity index (χ0n) is 12.4. The van der Waals surface area contributed by atoms with Crippen LogP contribution in [0.3, 0.4) is 0 Å². The van der Waals surface area contributed by atoms with Crippen LogP contribution < -0.4 is 5.73 Å². The van der Waals surface area contributed by atoms with Gasteiger partial charge in [-0.1, -0.05) is 13.8 Å². The topological polar surface area (TPSA) is 72.4 Å². The molecule has 0 spiro atoms. The maximum atomic E-state index is 10.9. The van der Waals surface area contributed by atoms with Crippen molar-refractivity contribution in [3.8, 4) is 0 Å². The minimum Gasteiger partial charge on any atom is -0.398 e. The van der Waals surface area contributed by atoms with Gasteiger partial charge in [0.2, 0.25) is 0 Å². The molecule has 2 rings (SSSR count). The Hall–Kier alpha value is -1.62. The molecule has 3 unspecified atom stereocenters. The van der Waals surface area contributed by atoms with Crippen molar-refractivity contribution in [2.75, 3.05) is 12.3 Å². The molecule has 1 saturated heterocycles. The van der Waals surface area contributed by atoms with E-state index in [0.717, 1.165) is 12.1 Å². The van der Waals surface area contributed by atoms with E-state index in [1.807, 2.05) is 0 Å². The van der Waals surface area contributed by atoms with Crippen LogP contribution in [0.4, 0.5) is 11.4 Å². The predicted octanol–water partition coefficient (Wildman–Crippen LogP) is 3.04. The normalized spacial score (nSPS) is 27.4. The van der Waals surface area contributed by atoms with E-state index in [4.69, 9.17) is 5.73 Å². The summed E-state index contributed by atoms with van der Waals surface area (Å²) in [6, 6.07) is 5.18. The van der Waals surface area contributed by atoms with E-state index in [1.54, 1.807) is 12.1 Å². The van der Waals surface area contributed by atoms with E-state index in [0.29, 0.717) is 30.1 Å². The monoisotopic (exact) mass is 277 g/mol. The summed E-state index contributed by atoms with van der Waals surface area (Å²) < 4.78 is 0. The van der Waals surface area contributed by atoms with Gasteiger partial charge in [0.1, 0.15) is 0 Å². The van der Waals surface area contributed by atoms with Crippen LogP contribution >= 0.6 is 0 Å². The molecular weight excluding hydrogens is 254 g/mol. The average Bonchev–Trinajstić information content (AvgIpc) is 2.37. The fraction of sp³-hybridized carbons (Fsp3) is 0.600. The molecule has 0 bridgehead atoms. The van der Waals surface area contributed by atoms with Crippen molar-refractivity contribution in [1.29, 1.82) is 0 Å². The van der Waals surface area contributed by atoms with Crippen molar-refractivity contribution in [2.24, 2.45) is 11.8 Å². The Morgan fingerprint density at radius 2 is 2.10 bits per heavy atom. The molecule has 1 aliphatic heterocycles. The molecule has 0 saturated carbocycles. The van der Waals surface area contributed by atoms with Gasteiger partial charge in [-0.3, -0.25) is 15.0 Å². The number of nitro benzene ring substituents is 1. The molecule has 1 heterocycles. The molecule has 20 heavy (non-hydrogen) atoms. The third-order valence-corrected chi connectivity index (χ3v) is 4.43. The first-order valence-corrected chi connectivity index (χ1v) is 7.15. The molecule has 0 aliphatic carbocycles. The number of nitro groups is 1. The summed E-state index contributed by atoms with van der Waals surface area (Å²) >= 11 is 0. The third-order valence-electron chi connectivity index (χ3n) is 4.43. The van der Waals surface area contributed by atoms with Crippen molar-refractivity contribution < 1.29 is 4.92 Å². The lowest BCUT2D eigenvalue weighted by molar-refractivity contribution is -0.384. The van der Waals surface area contributed by atoms with Crippen LogP contribution in [0.5, 0.6) is 0 Å². The highest BCUT2D eigenvalue weighted by atomic mass is 16.6. The van der Waals surface area contributed by atoms with E-state index in [-0.39, 0.29) is 10.6 Å². The van der Waals surface area contributed by atoms with Crippen LogP contribution in [0.15, 0.2) is 18.2 Å². The van der Waals surface area contributed by atoms with Crippen LogP contribution in [-0.2, 0) is 6.54 Å². The highest BCUT2D eigenvalue weighted by molar-refractivity contribution is 5.52. The molecule has 1 aromatic rings. The maximum absolute atomic E-state index is 10.9. The Bertz CT molecular complexity index is 504. The second-order valence-corrected chi connectivity index (χ2v) is 6.13. The Morgan fingerprint density at radius 3 is 2.75 bits per heavy atom. The van der Waals surface area contributed by atoms with E-state index in [9.17, 15) is 10.1 Å². The number of non-ortho nitro benzene ring substituents is 1. The molecule has 0 aromatic heterocycles. The van der Waals surface area contributed by atoms with Gasteiger partial charge in [-0.2, -0.15) is 0 Å². The standard InChI is InChI=1S/C15H23N3O2/c1-10-6-11(2)12(3)17(8-10)9-13-7-14(18(19)20)4-5-15(13)16/h4-5,7,10-12H,6,8-9,16H2,1-3H3. The Balaban J connectivity index is 2.20. The SMILES string of the molecule is CC1CC(C)C(C)N(Cc2cc([N+](=O)[O-])ccc2N)C1. The van der Waals surface area contributed by atoms with Crippen LogP contribution in [0.1, 0.15) is 32.8 Å². The molecule has 0 amide bonds. The van der Waals surface area contributed by atoms with Crippen LogP contribution in [0.2, 0.25) is 0 Å². The first-order chi connectivity index (χ1) is 9.38. The number of piperidine rings is 1. The highest BCUT2D eigenvalue weighted by Crippen LogP contribution is 2.30. The molecule has 1 fully saturated rings. The number of likely N-dealkylation sites (tertiary alicyclic amines) is 1. The average molecular weight is 277 g/mol. The highest BCUT2D eigenvalue weighted by Gasteiger charge is 2.29. The summed E-state index contributed by atoms with van der Waals surface area (Å²) in [5.74, 6) is 1.29. The van der Waals surface area contributed by atoms with Crippen molar-refractivity contribution in [2.45, 2.75) is 39.8 Å². The summed E-state index contributed by atoms with van der Waals surface area (Å²) in [5, 5.41) is 10.9. The summed E-state index contributed by atoms with van der Waals surface area (Å²) in [5.41, 5.74) is 7.57. The second-order valence-electron chi connectivity index (χ2n) is 6.13. The Morgan fingerprint density at radius 1 is 1.40 bits per heavy atom. The summed E-state index contributed by atoms with van der Waals surface area (Å²) in [7, 11) is 0. The zero-order chi connectivity index (χ0) is 14.9. The van der Waals surface area contributed by atoms with Gasteiger partial charge in [0.15, 0.2) is 0 Å². The van der Waals surface area contributed by atoms with E-state index < -0.39 is 0 Å². The lowest BCUT2D eigenvalue weighted by Crippen LogP contribution is -2.45. The van der Waals surface area contributed by atoms with Crippen LogP contribution in [0.25, 0.3) is 0 Å².